The van der Waals surface area contributed by atoms with Crippen LogP contribution in [0.1, 0.15) is 22.3 Å². The fourth-order valence-corrected chi connectivity index (χ4v) is 4.08. The predicted molar refractivity (Wildman–Crippen MR) is 118 cm³/mol. The lowest BCUT2D eigenvalue weighted by Gasteiger charge is -2.24. The minimum Gasteiger partial charge on any atom is -0.372 e. The van der Waals surface area contributed by atoms with Crippen molar-refractivity contribution in [1.82, 2.24) is 0 Å². The number of nitrogens with one attached hydrogen (secondary N) is 1. The minimum absolute atomic E-state index is 0.242. The highest BCUT2D eigenvalue weighted by Gasteiger charge is 2.51. The highest BCUT2D eigenvalue weighted by atomic mass is 35.5. The van der Waals surface area contributed by atoms with Gasteiger partial charge in [0.25, 0.3) is 5.91 Å². The summed E-state index contributed by atoms with van der Waals surface area (Å²) in [5.74, 6) is -0.961. The number of para-hydroxylation sites is 1. The molecule has 0 saturated carbocycles. The van der Waals surface area contributed by atoms with Crippen molar-refractivity contribution in [3.63, 3.8) is 0 Å². The van der Waals surface area contributed by atoms with Crippen LogP contribution < -0.4 is 10.2 Å². The molecule has 0 aliphatic carbocycles. The first-order valence-electron chi connectivity index (χ1n) is 9.57. The van der Waals surface area contributed by atoms with Gasteiger partial charge in [-0.1, -0.05) is 65.7 Å². The summed E-state index contributed by atoms with van der Waals surface area (Å²) in [6.07, 6.45) is 0. The first-order chi connectivity index (χ1) is 14.3. The highest BCUT2D eigenvalue weighted by molar-refractivity contribution is 6.33. The standard InChI is InChI=1S/C24H21ClN2O3/c1-15-6-5-7-17(12-15)24(30)18-8-3-4-9-21(18)27(23(24)29)14-22(28)26-20-11-10-16(2)13-19(20)25/h3-13,30H,14H2,1-2H3,(H,26,28)/t24-/m0/s1. The maximum atomic E-state index is 13.4. The van der Waals surface area contributed by atoms with Crippen molar-refractivity contribution in [3.05, 3.63) is 94.0 Å². The Labute approximate surface area is 179 Å². The number of halogens is 1. The number of hydrogen-bond donors (Lipinski definition) is 2. The zero-order valence-electron chi connectivity index (χ0n) is 16.6. The predicted octanol–water partition coefficient (Wildman–Crippen LogP) is 4.18. The lowest BCUT2D eigenvalue weighted by atomic mass is 9.87. The first kappa shape index (κ1) is 20.1. The molecule has 30 heavy (non-hydrogen) atoms. The molecule has 6 heteroatoms. The molecule has 0 aromatic heterocycles. The molecular weight excluding hydrogens is 400 g/mol. The van der Waals surface area contributed by atoms with E-state index in [-0.39, 0.29) is 6.54 Å². The van der Waals surface area contributed by atoms with Gasteiger partial charge in [-0.25, -0.2) is 0 Å². The number of nitrogens with zero attached hydrogens (tertiary/aromatic N) is 1. The van der Waals surface area contributed by atoms with Gasteiger partial charge in [-0.15, -0.1) is 0 Å². The Morgan fingerprint density at radius 3 is 2.50 bits per heavy atom. The van der Waals surface area contributed by atoms with E-state index in [9.17, 15) is 14.7 Å². The molecule has 0 radical (unpaired) electrons. The number of hydrogen-bond acceptors (Lipinski definition) is 3. The number of amides is 2. The van der Waals surface area contributed by atoms with Gasteiger partial charge in [0.05, 0.1) is 16.4 Å². The molecule has 0 unspecified atom stereocenters. The Hall–Kier alpha value is -3.15. The largest absolute Gasteiger partial charge is 0.372 e. The summed E-state index contributed by atoms with van der Waals surface area (Å²) >= 11 is 6.20. The topological polar surface area (TPSA) is 69.6 Å². The molecule has 4 rings (SSSR count). The summed E-state index contributed by atoms with van der Waals surface area (Å²) in [7, 11) is 0. The van der Waals surface area contributed by atoms with Crippen LogP contribution in [0.4, 0.5) is 11.4 Å². The summed E-state index contributed by atoms with van der Waals surface area (Å²) in [5, 5.41) is 14.7. The van der Waals surface area contributed by atoms with E-state index in [1.54, 1.807) is 54.6 Å². The lowest BCUT2D eigenvalue weighted by molar-refractivity contribution is -0.133. The highest BCUT2D eigenvalue weighted by Crippen LogP contribution is 2.44. The molecule has 2 amide bonds. The summed E-state index contributed by atoms with van der Waals surface area (Å²) in [4.78, 5) is 27.4. The molecular formula is C24H21ClN2O3. The molecule has 2 N–H and O–H groups in total. The summed E-state index contributed by atoms with van der Waals surface area (Å²) < 4.78 is 0. The van der Waals surface area contributed by atoms with Gasteiger partial charge in [0.2, 0.25) is 5.91 Å². The van der Waals surface area contributed by atoms with Crippen molar-refractivity contribution in [1.29, 1.82) is 0 Å². The second-order valence-corrected chi connectivity index (χ2v) is 7.93. The summed E-state index contributed by atoms with van der Waals surface area (Å²) in [6, 6.07) is 19.5. The quantitative estimate of drug-likeness (QED) is 0.665. The fraction of sp³-hybridized carbons (Fsp3) is 0.167. The number of aliphatic hydroxyl groups is 1. The van der Waals surface area contributed by atoms with Gasteiger partial charge in [0.1, 0.15) is 6.54 Å². The maximum Gasteiger partial charge on any atom is 0.268 e. The molecule has 1 aliphatic heterocycles. The van der Waals surface area contributed by atoms with E-state index in [1.165, 1.54) is 4.90 Å². The Balaban J connectivity index is 1.66. The average Bonchev–Trinajstić information content (AvgIpc) is 2.93. The molecule has 5 nitrogen and oxygen atoms in total. The van der Waals surface area contributed by atoms with Gasteiger partial charge < -0.3 is 10.4 Å². The first-order valence-corrected chi connectivity index (χ1v) is 9.95. The minimum atomic E-state index is -1.84. The summed E-state index contributed by atoms with van der Waals surface area (Å²) in [6.45, 7) is 3.56. The number of rotatable bonds is 4. The molecule has 0 fully saturated rings. The van der Waals surface area contributed by atoms with E-state index in [0.717, 1.165) is 11.1 Å². The van der Waals surface area contributed by atoms with Crippen LogP contribution in [-0.4, -0.2) is 23.5 Å². The number of carbonyl (C=O) groups is 2. The van der Waals surface area contributed by atoms with Crippen LogP contribution >= 0.6 is 11.6 Å². The smallest absolute Gasteiger partial charge is 0.268 e. The maximum absolute atomic E-state index is 13.4. The number of carbonyl (C=O) groups excluding carboxylic acids is 2. The van der Waals surface area contributed by atoms with Crippen LogP contribution in [0, 0.1) is 13.8 Å². The van der Waals surface area contributed by atoms with Crippen molar-refractivity contribution in [3.8, 4) is 0 Å². The van der Waals surface area contributed by atoms with E-state index in [0.29, 0.717) is 27.5 Å². The third kappa shape index (κ3) is 3.36. The van der Waals surface area contributed by atoms with Crippen molar-refractivity contribution in [2.75, 3.05) is 16.8 Å². The second-order valence-electron chi connectivity index (χ2n) is 7.52. The summed E-state index contributed by atoms with van der Waals surface area (Å²) in [5.41, 5.74) is 1.98. The van der Waals surface area contributed by atoms with Crippen LogP contribution in [0.5, 0.6) is 0 Å². The molecule has 3 aromatic rings. The fourth-order valence-electron chi connectivity index (χ4n) is 3.80. The number of benzene rings is 3. The van der Waals surface area contributed by atoms with E-state index in [2.05, 4.69) is 5.32 Å². The molecule has 0 saturated heterocycles. The molecule has 1 atom stereocenters. The molecule has 3 aromatic carbocycles. The van der Waals surface area contributed by atoms with Gasteiger partial charge in [0.15, 0.2) is 5.60 Å². The Morgan fingerprint density at radius 1 is 1.03 bits per heavy atom. The van der Waals surface area contributed by atoms with Gasteiger partial charge in [0, 0.05) is 5.56 Å². The third-order valence-corrected chi connectivity index (χ3v) is 5.59. The van der Waals surface area contributed by atoms with Crippen molar-refractivity contribution in [2.45, 2.75) is 19.4 Å². The Kier molecular flexibility index (Phi) is 5.10. The monoisotopic (exact) mass is 420 g/mol. The van der Waals surface area contributed by atoms with Gasteiger partial charge in [-0.3, -0.25) is 14.5 Å². The van der Waals surface area contributed by atoms with E-state index in [4.69, 9.17) is 11.6 Å². The van der Waals surface area contributed by atoms with Crippen LogP contribution in [0.15, 0.2) is 66.7 Å². The lowest BCUT2D eigenvalue weighted by Crippen LogP contribution is -2.44. The number of anilines is 2. The molecule has 0 bridgehead atoms. The van der Waals surface area contributed by atoms with Crippen molar-refractivity contribution >= 4 is 34.8 Å². The SMILES string of the molecule is Cc1cccc([C@@]2(O)C(=O)N(CC(=O)Nc3ccc(C)cc3Cl)c3ccccc32)c1. The van der Waals surface area contributed by atoms with Crippen molar-refractivity contribution in [2.24, 2.45) is 0 Å². The van der Waals surface area contributed by atoms with Crippen LogP contribution in [-0.2, 0) is 15.2 Å². The van der Waals surface area contributed by atoms with E-state index < -0.39 is 17.4 Å². The van der Waals surface area contributed by atoms with Gasteiger partial charge in [-0.2, -0.15) is 0 Å². The second kappa shape index (κ2) is 7.59. The third-order valence-electron chi connectivity index (χ3n) is 5.28. The zero-order chi connectivity index (χ0) is 21.5. The number of fused-ring (bicyclic) bond motifs is 1. The normalized spacial score (nSPS) is 17.7. The average molecular weight is 421 g/mol. The van der Waals surface area contributed by atoms with Gasteiger partial charge in [-0.05, 0) is 43.2 Å². The van der Waals surface area contributed by atoms with Crippen LogP contribution in [0.3, 0.4) is 0 Å². The molecule has 1 aliphatic rings. The van der Waals surface area contributed by atoms with Gasteiger partial charge >= 0.3 is 0 Å². The van der Waals surface area contributed by atoms with E-state index >= 15 is 0 Å². The number of aryl methyl sites for hydroxylation is 2. The molecule has 1 heterocycles. The Morgan fingerprint density at radius 2 is 1.77 bits per heavy atom. The van der Waals surface area contributed by atoms with Crippen LogP contribution in [0.25, 0.3) is 0 Å². The molecule has 152 valence electrons. The molecule has 0 spiro atoms. The zero-order valence-corrected chi connectivity index (χ0v) is 17.4. The van der Waals surface area contributed by atoms with E-state index in [1.807, 2.05) is 26.0 Å². The Bertz CT molecular complexity index is 1160. The van der Waals surface area contributed by atoms with Crippen LogP contribution in [0.2, 0.25) is 5.02 Å². The van der Waals surface area contributed by atoms with Crippen molar-refractivity contribution < 1.29 is 14.7 Å².